The Bertz CT molecular complexity index is 16.3. The summed E-state index contributed by atoms with van der Waals surface area (Å²) in [6.07, 6.45) is 0. The first kappa shape index (κ1) is 9.54. The van der Waals surface area contributed by atoms with Crippen molar-refractivity contribution in [2.45, 2.75) is 0 Å². The predicted octanol–water partition coefficient (Wildman–Crippen LogP) is -1.80. The van der Waals surface area contributed by atoms with Crippen molar-refractivity contribution in [3.05, 3.63) is 0 Å². The number of hydrogen-bond acceptors (Lipinski definition) is 3. The van der Waals surface area contributed by atoms with Crippen LogP contribution < -0.4 is 0 Å². The molecule has 0 radical (unpaired) electrons. The van der Waals surface area contributed by atoms with Gasteiger partial charge in [-0.25, -0.2) is 0 Å². The van der Waals surface area contributed by atoms with Crippen LogP contribution in [0.25, 0.3) is 0 Å². The van der Waals surface area contributed by atoms with E-state index in [-0.39, 0.29) is 13.2 Å². The van der Waals surface area contributed by atoms with Crippen LogP contribution in [-0.4, -0.2) is 39.7 Å². The average molecular weight is 106 g/mol. The molecule has 0 saturated carbocycles. The van der Waals surface area contributed by atoms with Gasteiger partial charge in [-0.15, -0.1) is 0 Å². The van der Waals surface area contributed by atoms with E-state index in [0.717, 1.165) is 0 Å². The zero-order valence-electron chi connectivity index (χ0n) is 3.42. The Morgan fingerprint density at radius 1 is 1.17 bits per heavy atom. The Morgan fingerprint density at radius 2 is 1.33 bits per heavy atom. The predicted molar refractivity (Wildman–Crippen MR) is 22.0 cm³/mol. The summed E-state index contributed by atoms with van der Waals surface area (Å²) >= 11 is 0.611. The van der Waals surface area contributed by atoms with Crippen molar-refractivity contribution >= 4 is 16.2 Å². The zero-order chi connectivity index (χ0) is 5.41. The van der Waals surface area contributed by atoms with Crippen LogP contribution in [0.5, 0.6) is 0 Å². The van der Waals surface area contributed by atoms with Gasteiger partial charge < -0.3 is 10.2 Å². The van der Waals surface area contributed by atoms with Crippen LogP contribution in [0, 0.1) is 0 Å². The molecule has 0 aliphatic carbocycles. The fraction of sp³-hybridized carbons (Fsp3) is 1.00. The van der Waals surface area contributed by atoms with Gasteiger partial charge in [-0.2, -0.15) is 0 Å². The van der Waals surface area contributed by atoms with Gasteiger partial charge in [-0.05, 0) is 0 Å². The molecule has 0 rings (SSSR count). The van der Waals surface area contributed by atoms with E-state index in [1.807, 2.05) is 0 Å². The van der Waals surface area contributed by atoms with Crippen LogP contribution in [0.4, 0.5) is 0 Å². The normalized spacial score (nSPS) is 5.50. The van der Waals surface area contributed by atoms with Crippen molar-refractivity contribution in [3.63, 3.8) is 0 Å². The number of hydrogen-bond donors (Lipinski definition) is 2. The van der Waals surface area contributed by atoms with Crippen LogP contribution >= 0.6 is 0 Å². The minimum absolute atomic E-state index is 0.125. The minimum atomic E-state index is -0.125. The molecule has 0 aromatic carbocycles. The molecule has 0 bridgehead atoms. The Balaban J connectivity index is 0. The Kier molecular flexibility index (Phi) is 29.8. The molecule has 3 nitrogen and oxygen atoms in total. The van der Waals surface area contributed by atoms with Gasteiger partial charge in [-0.3, -0.25) is 0 Å². The van der Waals surface area contributed by atoms with Crippen molar-refractivity contribution in [2.75, 3.05) is 13.2 Å². The molecule has 0 heterocycles. The fourth-order valence-electron chi connectivity index (χ4n) is 0. The third-order valence-electron chi connectivity index (χ3n) is 0.1000. The average Bonchev–Trinajstić information content (AvgIpc) is 1.72. The van der Waals surface area contributed by atoms with Gasteiger partial charge >= 0.3 is 20.0 Å². The SMILES string of the molecule is OCCO.[O]=[AlH]. The van der Waals surface area contributed by atoms with E-state index in [1.54, 1.807) is 0 Å². The summed E-state index contributed by atoms with van der Waals surface area (Å²) < 4.78 is 8.28. The number of aliphatic hydroxyl groups excluding tert-OH is 2. The van der Waals surface area contributed by atoms with Gasteiger partial charge in [-0.1, -0.05) is 0 Å². The summed E-state index contributed by atoms with van der Waals surface area (Å²) in [5.74, 6) is 0. The second kappa shape index (κ2) is 18.7. The quantitative estimate of drug-likeness (QED) is 0.388. The van der Waals surface area contributed by atoms with E-state index < -0.39 is 0 Å². The summed E-state index contributed by atoms with van der Waals surface area (Å²) in [5, 5.41) is 15.2. The van der Waals surface area contributed by atoms with Crippen LogP contribution in [0.3, 0.4) is 0 Å². The standard InChI is InChI=1S/C2H6O2.Al.O.H/c3-1-2-4;;;/h3-4H,1-2H2;;;. The molecule has 0 fully saturated rings. The summed E-state index contributed by atoms with van der Waals surface area (Å²) in [7, 11) is 0. The van der Waals surface area contributed by atoms with Gasteiger partial charge in [0.05, 0.1) is 13.2 Å². The molecule has 0 spiro atoms. The molecule has 0 amide bonds. The molecule has 4 heteroatoms. The molecule has 0 aliphatic heterocycles. The van der Waals surface area contributed by atoms with Crippen molar-refractivity contribution in [1.82, 2.24) is 0 Å². The molecule has 2 N–H and O–H groups in total. The third kappa shape index (κ3) is 28.7. The maximum absolute atomic E-state index is 8.28. The number of aliphatic hydroxyl groups is 2. The second-order valence-corrected chi connectivity index (χ2v) is 0.447. The summed E-state index contributed by atoms with van der Waals surface area (Å²) in [6, 6.07) is 0. The maximum atomic E-state index is 8.28. The van der Waals surface area contributed by atoms with Crippen LogP contribution in [0.2, 0.25) is 0 Å². The Morgan fingerprint density at radius 3 is 1.33 bits per heavy atom. The second-order valence-electron chi connectivity index (χ2n) is 0.447. The monoisotopic (exact) mass is 106 g/mol. The zero-order valence-corrected chi connectivity index (χ0v) is 4.84. The van der Waals surface area contributed by atoms with Crippen LogP contribution in [0.15, 0.2) is 0 Å². The van der Waals surface area contributed by atoms with Crippen LogP contribution in [-0.2, 0) is 3.80 Å². The van der Waals surface area contributed by atoms with Gasteiger partial charge in [0, 0.05) is 0 Å². The molecule has 36 valence electrons. The molecule has 0 aliphatic rings. The van der Waals surface area contributed by atoms with Gasteiger partial charge in [0.2, 0.25) is 0 Å². The van der Waals surface area contributed by atoms with E-state index in [1.165, 1.54) is 0 Å². The first-order chi connectivity index (χ1) is 2.91. The summed E-state index contributed by atoms with van der Waals surface area (Å²) in [6.45, 7) is -0.250. The fourth-order valence-corrected chi connectivity index (χ4v) is 0. The molecule has 0 unspecified atom stereocenters. The summed E-state index contributed by atoms with van der Waals surface area (Å²) in [5.41, 5.74) is 0. The first-order valence-electron chi connectivity index (χ1n) is 1.42. The van der Waals surface area contributed by atoms with Gasteiger partial charge in [0.25, 0.3) is 0 Å². The van der Waals surface area contributed by atoms with Crippen molar-refractivity contribution in [2.24, 2.45) is 0 Å². The first-order valence-corrected chi connectivity index (χ1v) is 2.00. The van der Waals surface area contributed by atoms with Crippen LogP contribution in [0.1, 0.15) is 0 Å². The molecule has 0 atom stereocenters. The third-order valence-corrected chi connectivity index (χ3v) is 0.1000. The van der Waals surface area contributed by atoms with E-state index in [2.05, 4.69) is 0 Å². The van der Waals surface area contributed by atoms with E-state index >= 15 is 0 Å². The van der Waals surface area contributed by atoms with Crippen molar-refractivity contribution in [3.8, 4) is 0 Å². The number of rotatable bonds is 1. The van der Waals surface area contributed by atoms with E-state index in [9.17, 15) is 0 Å². The molecular weight excluding hydrogens is 99.0 g/mol. The van der Waals surface area contributed by atoms with E-state index in [4.69, 9.17) is 14.0 Å². The Hall–Kier alpha value is 0.252. The molecule has 0 aromatic heterocycles. The van der Waals surface area contributed by atoms with Crippen molar-refractivity contribution in [1.29, 1.82) is 0 Å². The molecule has 0 aromatic rings. The Labute approximate surface area is 44.2 Å². The van der Waals surface area contributed by atoms with Gasteiger partial charge in [0.15, 0.2) is 0 Å². The van der Waals surface area contributed by atoms with Gasteiger partial charge in [0.1, 0.15) is 0 Å². The topological polar surface area (TPSA) is 57.5 Å². The molecular formula is C2H7AlO3. The molecule has 6 heavy (non-hydrogen) atoms. The van der Waals surface area contributed by atoms with Crippen molar-refractivity contribution < 1.29 is 14.0 Å². The summed E-state index contributed by atoms with van der Waals surface area (Å²) in [4.78, 5) is 0. The molecule has 0 saturated heterocycles. The van der Waals surface area contributed by atoms with E-state index in [0.29, 0.717) is 16.2 Å².